The SMILES string of the molecule is O=S1(=O)CCCCN1c1ccc(S(=O)(=O)N2CCc3ccccc32)cc1. The minimum absolute atomic E-state index is 0.137. The molecule has 2 heterocycles. The molecule has 0 N–H and O–H groups in total. The van der Waals surface area contributed by atoms with Crippen LogP contribution in [0.1, 0.15) is 18.4 Å². The lowest BCUT2D eigenvalue weighted by molar-refractivity contribution is 0.574. The zero-order valence-electron chi connectivity index (χ0n) is 14.2. The van der Waals surface area contributed by atoms with Gasteiger partial charge in [0.05, 0.1) is 22.0 Å². The summed E-state index contributed by atoms with van der Waals surface area (Å²) >= 11 is 0. The quantitative estimate of drug-likeness (QED) is 0.804. The molecule has 0 atom stereocenters. The summed E-state index contributed by atoms with van der Waals surface area (Å²) in [5, 5.41) is 0. The Bertz CT molecular complexity index is 1030. The molecule has 2 aliphatic heterocycles. The number of para-hydroxylation sites is 1. The lowest BCUT2D eigenvalue weighted by atomic mass is 10.2. The lowest BCUT2D eigenvalue weighted by Crippen LogP contribution is -2.37. The van der Waals surface area contributed by atoms with Gasteiger partial charge < -0.3 is 0 Å². The fourth-order valence-electron chi connectivity index (χ4n) is 3.55. The number of rotatable bonds is 3. The van der Waals surface area contributed by atoms with Crippen molar-refractivity contribution in [1.82, 2.24) is 0 Å². The number of anilines is 2. The van der Waals surface area contributed by atoms with Crippen LogP contribution in [0.15, 0.2) is 53.4 Å². The van der Waals surface area contributed by atoms with Gasteiger partial charge in [-0.05, 0) is 55.2 Å². The smallest absolute Gasteiger partial charge is 0.264 e. The van der Waals surface area contributed by atoms with Crippen LogP contribution in [0.4, 0.5) is 11.4 Å². The normalized spacial score (nSPS) is 19.4. The monoisotopic (exact) mass is 392 g/mol. The highest BCUT2D eigenvalue weighted by molar-refractivity contribution is 7.93. The largest absolute Gasteiger partial charge is 0.270 e. The van der Waals surface area contributed by atoms with Gasteiger partial charge in [0.2, 0.25) is 10.0 Å². The second-order valence-corrected chi connectivity index (χ2v) is 10.4. The van der Waals surface area contributed by atoms with Gasteiger partial charge in [0.15, 0.2) is 0 Å². The first-order valence-electron chi connectivity index (χ1n) is 8.61. The number of nitrogens with zero attached hydrogens (tertiary/aromatic N) is 2. The van der Waals surface area contributed by atoms with Gasteiger partial charge in [0, 0.05) is 13.1 Å². The van der Waals surface area contributed by atoms with Crippen molar-refractivity contribution in [3.8, 4) is 0 Å². The maximum atomic E-state index is 13.0. The Kier molecular flexibility index (Phi) is 4.19. The van der Waals surface area contributed by atoms with Crippen LogP contribution in [-0.4, -0.2) is 35.7 Å². The highest BCUT2D eigenvalue weighted by atomic mass is 32.2. The van der Waals surface area contributed by atoms with Crippen LogP contribution in [0.2, 0.25) is 0 Å². The Morgan fingerprint density at radius 1 is 0.885 bits per heavy atom. The van der Waals surface area contributed by atoms with Crippen molar-refractivity contribution in [2.24, 2.45) is 0 Å². The van der Waals surface area contributed by atoms with Crippen LogP contribution < -0.4 is 8.61 Å². The molecule has 138 valence electrons. The molecule has 0 amide bonds. The summed E-state index contributed by atoms with van der Waals surface area (Å²) in [5.41, 5.74) is 2.26. The maximum absolute atomic E-state index is 13.0. The molecule has 1 fully saturated rings. The first-order chi connectivity index (χ1) is 12.4. The van der Waals surface area contributed by atoms with E-state index in [1.54, 1.807) is 12.1 Å². The third-order valence-corrected chi connectivity index (χ3v) is 8.60. The minimum atomic E-state index is -3.66. The van der Waals surface area contributed by atoms with E-state index in [9.17, 15) is 16.8 Å². The minimum Gasteiger partial charge on any atom is -0.270 e. The van der Waals surface area contributed by atoms with E-state index in [0.717, 1.165) is 17.7 Å². The molecule has 8 heteroatoms. The molecule has 0 radical (unpaired) electrons. The molecule has 4 rings (SSSR count). The zero-order valence-corrected chi connectivity index (χ0v) is 15.8. The molecule has 2 aromatic carbocycles. The molecule has 0 bridgehead atoms. The molecule has 0 saturated carbocycles. The summed E-state index contributed by atoms with van der Waals surface area (Å²) in [7, 11) is -6.97. The van der Waals surface area contributed by atoms with E-state index in [0.29, 0.717) is 31.6 Å². The summed E-state index contributed by atoms with van der Waals surface area (Å²) < 4.78 is 53.2. The number of sulfonamides is 2. The second-order valence-electron chi connectivity index (χ2n) is 6.55. The Hall–Kier alpha value is -2.06. The summed E-state index contributed by atoms with van der Waals surface area (Å²) in [6, 6.07) is 13.6. The predicted molar refractivity (Wildman–Crippen MR) is 101 cm³/mol. The van der Waals surface area contributed by atoms with Crippen LogP contribution in [0.5, 0.6) is 0 Å². The van der Waals surface area contributed by atoms with E-state index in [1.165, 1.54) is 20.7 Å². The van der Waals surface area contributed by atoms with Crippen LogP contribution >= 0.6 is 0 Å². The number of hydrogen-bond acceptors (Lipinski definition) is 4. The Balaban J connectivity index is 1.65. The highest BCUT2D eigenvalue weighted by Crippen LogP contribution is 2.33. The van der Waals surface area contributed by atoms with Gasteiger partial charge in [0.1, 0.15) is 0 Å². The van der Waals surface area contributed by atoms with Crippen LogP contribution in [-0.2, 0) is 26.5 Å². The van der Waals surface area contributed by atoms with Gasteiger partial charge in [-0.25, -0.2) is 16.8 Å². The van der Waals surface area contributed by atoms with Gasteiger partial charge in [-0.15, -0.1) is 0 Å². The maximum Gasteiger partial charge on any atom is 0.264 e. The van der Waals surface area contributed by atoms with E-state index in [4.69, 9.17) is 0 Å². The molecular formula is C18H20N2O4S2. The molecule has 6 nitrogen and oxygen atoms in total. The van der Waals surface area contributed by atoms with Crippen molar-refractivity contribution >= 4 is 31.4 Å². The van der Waals surface area contributed by atoms with E-state index in [1.807, 2.05) is 24.3 Å². The Morgan fingerprint density at radius 3 is 2.35 bits per heavy atom. The molecule has 0 aromatic heterocycles. The van der Waals surface area contributed by atoms with E-state index >= 15 is 0 Å². The fourth-order valence-corrected chi connectivity index (χ4v) is 6.69. The number of fused-ring (bicyclic) bond motifs is 1. The third kappa shape index (κ3) is 2.87. The molecule has 0 unspecified atom stereocenters. The van der Waals surface area contributed by atoms with Gasteiger partial charge in [0.25, 0.3) is 10.0 Å². The first-order valence-corrected chi connectivity index (χ1v) is 11.7. The van der Waals surface area contributed by atoms with Gasteiger partial charge in [-0.2, -0.15) is 0 Å². The van der Waals surface area contributed by atoms with E-state index in [2.05, 4.69) is 0 Å². The molecule has 0 spiro atoms. The van der Waals surface area contributed by atoms with Gasteiger partial charge >= 0.3 is 0 Å². The van der Waals surface area contributed by atoms with Crippen molar-refractivity contribution in [3.63, 3.8) is 0 Å². The highest BCUT2D eigenvalue weighted by Gasteiger charge is 2.31. The Labute approximate surface area is 154 Å². The van der Waals surface area contributed by atoms with Crippen molar-refractivity contribution in [3.05, 3.63) is 54.1 Å². The molecule has 2 aliphatic rings. The fraction of sp³-hybridized carbons (Fsp3) is 0.333. The predicted octanol–water partition coefficient (Wildman–Crippen LogP) is 2.37. The van der Waals surface area contributed by atoms with Crippen LogP contribution in [0.3, 0.4) is 0 Å². The standard InChI is InChI=1S/C18H20N2O4S2/c21-25(22)14-4-3-12-19(25)16-7-9-17(10-8-16)26(23,24)20-13-11-15-5-1-2-6-18(15)20/h1-2,5-10H,3-4,11-14H2. The topological polar surface area (TPSA) is 74.8 Å². The number of hydrogen-bond donors (Lipinski definition) is 0. The summed E-state index contributed by atoms with van der Waals surface area (Å²) in [6.07, 6.45) is 2.17. The first kappa shape index (κ1) is 17.4. The third-order valence-electron chi connectivity index (χ3n) is 4.91. The summed E-state index contributed by atoms with van der Waals surface area (Å²) in [4.78, 5) is 0.173. The molecular weight excluding hydrogens is 372 g/mol. The van der Waals surface area contributed by atoms with Crippen LogP contribution in [0, 0.1) is 0 Å². The van der Waals surface area contributed by atoms with Crippen LogP contribution in [0.25, 0.3) is 0 Å². The van der Waals surface area contributed by atoms with Gasteiger partial charge in [-0.3, -0.25) is 8.61 Å². The second kappa shape index (κ2) is 6.28. The van der Waals surface area contributed by atoms with Crippen molar-refractivity contribution in [2.75, 3.05) is 27.5 Å². The molecule has 2 aromatic rings. The lowest BCUT2D eigenvalue weighted by Gasteiger charge is -2.28. The van der Waals surface area contributed by atoms with Gasteiger partial charge in [-0.1, -0.05) is 18.2 Å². The van der Waals surface area contributed by atoms with Crippen molar-refractivity contribution < 1.29 is 16.8 Å². The molecule has 0 aliphatic carbocycles. The number of benzene rings is 2. The summed E-state index contributed by atoms with van der Waals surface area (Å²) in [5.74, 6) is 0.137. The Morgan fingerprint density at radius 2 is 1.62 bits per heavy atom. The molecule has 26 heavy (non-hydrogen) atoms. The van der Waals surface area contributed by atoms with E-state index < -0.39 is 20.0 Å². The zero-order chi connectivity index (χ0) is 18.4. The average molecular weight is 393 g/mol. The van der Waals surface area contributed by atoms with E-state index in [-0.39, 0.29) is 10.6 Å². The van der Waals surface area contributed by atoms with Crippen molar-refractivity contribution in [1.29, 1.82) is 0 Å². The molecule has 1 saturated heterocycles. The van der Waals surface area contributed by atoms with Crippen molar-refractivity contribution in [2.45, 2.75) is 24.2 Å². The summed E-state index contributed by atoms with van der Waals surface area (Å²) in [6.45, 7) is 0.859. The average Bonchev–Trinajstić information content (AvgIpc) is 3.06.